The van der Waals surface area contributed by atoms with Crippen LogP contribution in [0.5, 0.6) is 0 Å². The highest BCUT2D eigenvalue weighted by molar-refractivity contribution is 9.10. The second-order valence-electron chi connectivity index (χ2n) is 4.73. The van der Waals surface area contributed by atoms with Crippen LogP contribution in [0.15, 0.2) is 46.9 Å². The van der Waals surface area contributed by atoms with E-state index in [9.17, 15) is 4.79 Å². The number of hydrogen-bond acceptors (Lipinski definition) is 1. The minimum Gasteiger partial charge on any atom is -0.345 e. The van der Waals surface area contributed by atoms with Crippen molar-refractivity contribution in [3.8, 4) is 0 Å². The van der Waals surface area contributed by atoms with E-state index in [2.05, 4.69) is 21.2 Å². The minimum absolute atomic E-state index is 0.102. The molecule has 0 aliphatic heterocycles. The number of carbonyl (C=O) groups is 1. The van der Waals surface area contributed by atoms with Gasteiger partial charge in [0, 0.05) is 9.50 Å². The molecule has 1 N–H and O–H groups in total. The summed E-state index contributed by atoms with van der Waals surface area (Å²) in [6, 6.07) is 13.1. The molecule has 1 unspecified atom stereocenters. The Morgan fingerprint density at radius 2 is 2.00 bits per heavy atom. The second kappa shape index (κ2) is 6.42. The topological polar surface area (TPSA) is 29.1 Å². The SMILES string of the molecule is Cc1ccc(C(=O)NC(C)c2cccc(Cl)c2)c(Br)c1. The molecule has 0 spiro atoms. The normalized spacial score (nSPS) is 12.0. The van der Waals surface area contributed by atoms with E-state index in [1.807, 2.05) is 56.3 Å². The maximum Gasteiger partial charge on any atom is 0.252 e. The van der Waals surface area contributed by atoms with E-state index >= 15 is 0 Å². The van der Waals surface area contributed by atoms with Gasteiger partial charge in [0.25, 0.3) is 5.91 Å². The third-order valence-corrected chi connectivity index (χ3v) is 3.96. The molecule has 104 valence electrons. The third kappa shape index (κ3) is 3.62. The lowest BCUT2D eigenvalue weighted by atomic mass is 10.1. The van der Waals surface area contributed by atoms with Crippen LogP contribution < -0.4 is 5.32 Å². The highest BCUT2D eigenvalue weighted by atomic mass is 79.9. The van der Waals surface area contributed by atoms with E-state index in [0.717, 1.165) is 15.6 Å². The lowest BCUT2D eigenvalue weighted by Crippen LogP contribution is -2.26. The zero-order valence-corrected chi connectivity index (χ0v) is 13.6. The molecule has 0 saturated carbocycles. The quantitative estimate of drug-likeness (QED) is 0.836. The molecular formula is C16H15BrClNO. The fourth-order valence-corrected chi connectivity index (χ4v) is 2.81. The molecule has 0 radical (unpaired) electrons. The molecule has 2 nitrogen and oxygen atoms in total. The zero-order chi connectivity index (χ0) is 14.7. The summed E-state index contributed by atoms with van der Waals surface area (Å²) in [6.07, 6.45) is 0. The molecule has 2 aromatic carbocycles. The predicted molar refractivity (Wildman–Crippen MR) is 86.2 cm³/mol. The number of nitrogens with one attached hydrogen (secondary N) is 1. The molecular weight excluding hydrogens is 338 g/mol. The molecule has 4 heteroatoms. The van der Waals surface area contributed by atoms with Crippen LogP contribution in [0, 0.1) is 6.92 Å². The van der Waals surface area contributed by atoms with E-state index in [0.29, 0.717) is 10.6 Å². The number of amides is 1. The van der Waals surface area contributed by atoms with Gasteiger partial charge in [-0.25, -0.2) is 0 Å². The van der Waals surface area contributed by atoms with Crippen molar-refractivity contribution < 1.29 is 4.79 Å². The first-order valence-corrected chi connectivity index (χ1v) is 7.47. The molecule has 0 aromatic heterocycles. The van der Waals surface area contributed by atoms with Crippen molar-refractivity contribution in [2.75, 3.05) is 0 Å². The number of benzene rings is 2. The van der Waals surface area contributed by atoms with Gasteiger partial charge in [0.2, 0.25) is 0 Å². The van der Waals surface area contributed by atoms with Gasteiger partial charge in [-0.2, -0.15) is 0 Å². The Balaban J connectivity index is 2.15. The average Bonchev–Trinajstić information content (AvgIpc) is 2.38. The fraction of sp³-hybridized carbons (Fsp3) is 0.188. The smallest absolute Gasteiger partial charge is 0.252 e. The van der Waals surface area contributed by atoms with Crippen molar-refractivity contribution in [3.63, 3.8) is 0 Å². The first kappa shape index (κ1) is 15.1. The van der Waals surface area contributed by atoms with Crippen LogP contribution in [0.2, 0.25) is 5.02 Å². The van der Waals surface area contributed by atoms with Gasteiger partial charge in [-0.15, -0.1) is 0 Å². The van der Waals surface area contributed by atoms with Gasteiger partial charge in [-0.05, 0) is 65.2 Å². The molecule has 0 aliphatic carbocycles. The maximum atomic E-state index is 12.3. The van der Waals surface area contributed by atoms with Gasteiger partial charge < -0.3 is 5.32 Å². The summed E-state index contributed by atoms with van der Waals surface area (Å²) in [5.74, 6) is -0.107. The monoisotopic (exact) mass is 351 g/mol. The van der Waals surface area contributed by atoms with Crippen LogP contribution in [-0.2, 0) is 0 Å². The lowest BCUT2D eigenvalue weighted by Gasteiger charge is -2.15. The standard InChI is InChI=1S/C16H15BrClNO/c1-10-6-7-14(15(17)8-10)16(20)19-11(2)12-4-3-5-13(18)9-12/h3-9,11H,1-2H3,(H,19,20). The Morgan fingerprint density at radius 1 is 1.25 bits per heavy atom. The van der Waals surface area contributed by atoms with Crippen molar-refractivity contribution in [2.24, 2.45) is 0 Å². The molecule has 0 bridgehead atoms. The predicted octanol–water partition coefficient (Wildman–Crippen LogP) is 4.90. The Kier molecular flexibility index (Phi) is 4.84. The summed E-state index contributed by atoms with van der Waals surface area (Å²) < 4.78 is 0.799. The van der Waals surface area contributed by atoms with Gasteiger partial charge in [0.05, 0.1) is 11.6 Å². The molecule has 20 heavy (non-hydrogen) atoms. The molecule has 0 fully saturated rings. The van der Waals surface area contributed by atoms with Crippen LogP contribution in [-0.4, -0.2) is 5.91 Å². The molecule has 1 amide bonds. The van der Waals surface area contributed by atoms with Gasteiger partial charge in [-0.1, -0.05) is 29.8 Å². The minimum atomic E-state index is -0.107. The number of rotatable bonds is 3. The van der Waals surface area contributed by atoms with Crippen molar-refractivity contribution in [2.45, 2.75) is 19.9 Å². The molecule has 0 saturated heterocycles. The Hall–Kier alpha value is -1.32. The number of hydrogen-bond donors (Lipinski definition) is 1. The number of aryl methyl sites for hydroxylation is 1. The zero-order valence-electron chi connectivity index (χ0n) is 11.3. The Morgan fingerprint density at radius 3 is 2.65 bits per heavy atom. The highest BCUT2D eigenvalue weighted by Gasteiger charge is 2.14. The van der Waals surface area contributed by atoms with E-state index in [1.54, 1.807) is 0 Å². The van der Waals surface area contributed by atoms with Crippen LogP contribution in [0.4, 0.5) is 0 Å². The Labute approximate surface area is 132 Å². The van der Waals surface area contributed by atoms with E-state index < -0.39 is 0 Å². The summed E-state index contributed by atoms with van der Waals surface area (Å²) >= 11 is 9.39. The van der Waals surface area contributed by atoms with E-state index in [4.69, 9.17) is 11.6 Å². The average molecular weight is 353 g/mol. The summed E-state index contributed by atoms with van der Waals surface area (Å²) in [7, 11) is 0. The Bertz CT molecular complexity index is 642. The van der Waals surface area contributed by atoms with E-state index in [1.165, 1.54) is 0 Å². The summed E-state index contributed by atoms with van der Waals surface area (Å²) in [5, 5.41) is 3.64. The van der Waals surface area contributed by atoms with E-state index in [-0.39, 0.29) is 11.9 Å². The molecule has 1 atom stereocenters. The highest BCUT2D eigenvalue weighted by Crippen LogP contribution is 2.21. The van der Waals surface area contributed by atoms with Crippen molar-refractivity contribution >= 4 is 33.4 Å². The second-order valence-corrected chi connectivity index (χ2v) is 6.02. The van der Waals surface area contributed by atoms with Crippen LogP contribution in [0.1, 0.15) is 34.5 Å². The first-order valence-electron chi connectivity index (χ1n) is 6.30. The molecule has 0 aliphatic rings. The van der Waals surface area contributed by atoms with Crippen LogP contribution in [0.3, 0.4) is 0 Å². The lowest BCUT2D eigenvalue weighted by molar-refractivity contribution is 0.0939. The fourth-order valence-electron chi connectivity index (χ4n) is 1.94. The van der Waals surface area contributed by atoms with Gasteiger partial charge >= 0.3 is 0 Å². The van der Waals surface area contributed by atoms with Crippen LogP contribution >= 0.6 is 27.5 Å². The van der Waals surface area contributed by atoms with Crippen molar-refractivity contribution in [1.82, 2.24) is 5.32 Å². The van der Waals surface area contributed by atoms with Crippen molar-refractivity contribution in [1.29, 1.82) is 0 Å². The first-order chi connectivity index (χ1) is 9.47. The summed E-state index contributed by atoms with van der Waals surface area (Å²) in [4.78, 5) is 12.3. The van der Waals surface area contributed by atoms with Gasteiger partial charge in [0.15, 0.2) is 0 Å². The van der Waals surface area contributed by atoms with Gasteiger partial charge in [0.1, 0.15) is 0 Å². The van der Waals surface area contributed by atoms with Crippen LogP contribution in [0.25, 0.3) is 0 Å². The van der Waals surface area contributed by atoms with Crippen molar-refractivity contribution in [3.05, 3.63) is 68.7 Å². The summed E-state index contributed by atoms with van der Waals surface area (Å²) in [6.45, 7) is 3.92. The van der Waals surface area contributed by atoms with Gasteiger partial charge in [-0.3, -0.25) is 4.79 Å². The molecule has 0 heterocycles. The summed E-state index contributed by atoms with van der Waals surface area (Å²) in [5.41, 5.74) is 2.72. The largest absolute Gasteiger partial charge is 0.345 e. The molecule has 2 aromatic rings. The molecule has 2 rings (SSSR count). The number of carbonyl (C=O) groups excluding carboxylic acids is 1. The third-order valence-electron chi connectivity index (χ3n) is 3.07. The number of halogens is 2. The maximum absolute atomic E-state index is 12.3.